The fourth-order valence-electron chi connectivity index (χ4n) is 0.214. The van der Waals surface area contributed by atoms with Crippen molar-refractivity contribution in [1.82, 2.24) is 6.15 Å². The van der Waals surface area contributed by atoms with E-state index in [1.807, 2.05) is 0 Å². The molecule has 0 aliphatic heterocycles. The molecule has 0 saturated carbocycles. The van der Waals surface area contributed by atoms with Gasteiger partial charge in [-0.25, -0.2) is 0 Å². The molecule has 0 saturated heterocycles. The Morgan fingerprint density at radius 1 is 1.00 bits per heavy atom. The second-order valence-corrected chi connectivity index (χ2v) is 1.29. The van der Waals surface area contributed by atoms with Crippen LogP contribution in [-0.2, 0) is 26.4 Å². The van der Waals surface area contributed by atoms with E-state index in [9.17, 15) is 9.59 Å². The van der Waals surface area contributed by atoms with Crippen molar-refractivity contribution in [2.75, 3.05) is 0 Å². The van der Waals surface area contributed by atoms with Gasteiger partial charge in [0.15, 0.2) is 0 Å². The van der Waals surface area contributed by atoms with E-state index in [1.54, 1.807) is 0 Å². The molecule has 0 amide bonds. The summed E-state index contributed by atoms with van der Waals surface area (Å²) in [5.41, 5.74) is 0. The van der Waals surface area contributed by atoms with Crippen LogP contribution < -0.4 is 6.15 Å². The smallest absolute Gasteiger partial charge is 0.303 e. The fraction of sp³-hybridized carbons (Fsp3) is 0.500. The predicted octanol–water partition coefficient (Wildman–Crippen LogP) is 0.0953. The maximum Gasteiger partial charge on any atom is 0.303 e. The van der Waals surface area contributed by atoms with E-state index in [1.165, 1.54) is 0 Å². The van der Waals surface area contributed by atoms with E-state index in [4.69, 9.17) is 10.2 Å². The van der Waals surface area contributed by atoms with Crippen LogP contribution >= 0.6 is 0 Å². The van der Waals surface area contributed by atoms with Gasteiger partial charge in [-0.1, -0.05) is 0 Å². The summed E-state index contributed by atoms with van der Waals surface area (Å²) in [7, 11) is 0. The van der Waals surface area contributed by atoms with Crippen LogP contribution in [0.25, 0.3) is 0 Å². The molecule has 0 aliphatic rings. The summed E-state index contributed by atoms with van der Waals surface area (Å²) in [6, 6.07) is 0. The first kappa shape index (κ1) is 16.2. The van der Waals surface area contributed by atoms with Gasteiger partial charge in [0.2, 0.25) is 0 Å². The van der Waals surface area contributed by atoms with Crippen molar-refractivity contribution >= 4 is 11.9 Å². The van der Waals surface area contributed by atoms with Crippen molar-refractivity contribution in [3.05, 3.63) is 0 Å². The van der Waals surface area contributed by atoms with Crippen LogP contribution in [0.2, 0.25) is 0 Å². The van der Waals surface area contributed by atoms with Gasteiger partial charge in [-0.15, -0.1) is 0 Å². The van der Waals surface area contributed by atoms with Crippen molar-refractivity contribution in [2.24, 2.45) is 0 Å². The van der Waals surface area contributed by atoms with Gasteiger partial charge in [0.05, 0.1) is 12.8 Å². The Kier molecular flexibility index (Phi) is 13.6. The van der Waals surface area contributed by atoms with Crippen LogP contribution in [0.4, 0.5) is 0 Å². The van der Waals surface area contributed by atoms with Gasteiger partial charge in [0, 0.05) is 16.8 Å². The minimum atomic E-state index is -1.08. The van der Waals surface area contributed by atoms with E-state index in [0.717, 1.165) is 0 Å². The molecule has 0 spiro atoms. The maximum absolute atomic E-state index is 9.64. The second-order valence-electron chi connectivity index (χ2n) is 1.29. The van der Waals surface area contributed by atoms with E-state index >= 15 is 0 Å². The Bertz CT molecular complexity index is 102. The van der Waals surface area contributed by atoms with E-state index in [2.05, 4.69) is 0 Å². The first-order valence-corrected chi connectivity index (χ1v) is 2.06. The number of hydrogen-bond donors (Lipinski definition) is 3. The van der Waals surface area contributed by atoms with Gasteiger partial charge < -0.3 is 16.4 Å². The summed E-state index contributed by atoms with van der Waals surface area (Å²) in [6.45, 7) is 0. The van der Waals surface area contributed by atoms with E-state index in [-0.39, 0.29) is 35.8 Å². The molecule has 0 heterocycles. The number of carboxylic acids is 2. The van der Waals surface area contributed by atoms with Crippen LogP contribution in [0, 0.1) is 0 Å². The molecule has 1 radical (unpaired) electrons. The summed E-state index contributed by atoms with van der Waals surface area (Å²) >= 11 is 0. The molecule has 0 rings (SSSR count). The third kappa shape index (κ3) is 15.7. The van der Waals surface area contributed by atoms with Crippen molar-refractivity contribution in [3.8, 4) is 0 Å². The van der Waals surface area contributed by atoms with E-state index in [0.29, 0.717) is 0 Å². The van der Waals surface area contributed by atoms with Gasteiger partial charge in [-0.2, -0.15) is 0 Å². The molecule has 0 bridgehead atoms. The first-order valence-electron chi connectivity index (χ1n) is 2.06. The molecule has 6 heteroatoms. The molecular weight excluding hydrogens is 185 g/mol. The molecule has 0 fully saturated rings. The molecule has 5 nitrogen and oxygen atoms in total. The number of hydrogen-bond acceptors (Lipinski definition) is 3. The van der Waals surface area contributed by atoms with Crippen molar-refractivity contribution in [2.45, 2.75) is 12.8 Å². The van der Waals surface area contributed by atoms with Crippen LogP contribution in [0.15, 0.2) is 0 Å². The Labute approximate surface area is 68.2 Å². The SMILES string of the molecule is N.O=C(O)CCC(=O)O.[Co]. The zero-order valence-corrected chi connectivity index (χ0v) is 6.21. The average Bonchev–Trinajstić information content (AvgIpc) is 1.61. The van der Waals surface area contributed by atoms with Crippen LogP contribution in [0.5, 0.6) is 0 Å². The molecule has 0 aliphatic carbocycles. The summed E-state index contributed by atoms with van der Waals surface area (Å²) in [6.07, 6.45) is -0.593. The maximum atomic E-state index is 9.64. The van der Waals surface area contributed by atoms with E-state index < -0.39 is 11.9 Å². The molecule has 0 aromatic carbocycles. The van der Waals surface area contributed by atoms with Crippen LogP contribution in [0.1, 0.15) is 12.8 Å². The Morgan fingerprint density at radius 2 is 1.20 bits per heavy atom. The topological polar surface area (TPSA) is 110 Å². The van der Waals surface area contributed by atoms with Crippen LogP contribution in [0.3, 0.4) is 0 Å². The van der Waals surface area contributed by atoms with Crippen molar-refractivity contribution in [1.29, 1.82) is 0 Å². The zero-order chi connectivity index (χ0) is 6.57. The quantitative estimate of drug-likeness (QED) is 0.589. The zero-order valence-electron chi connectivity index (χ0n) is 5.17. The van der Waals surface area contributed by atoms with Gasteiger partial charge in [0.25, 0.3) is 0 Å². The molecule has 5 N–H and O–H groups in total. The number of rotatable bonds is 3. The predicted molar refractivity (Wildman–Crippen MR) is 29.5 cm³/mol. The van der Waals surface area contributed by atoms with Gasteiger partial charge in [0.1, 0.15) is 0 Å². The van der Waals surface area contributed by atoms with Gasteiger partial charge in [-0.05, 0) is 0 Å². The molecular formula is C4H9CoNO4. The molecule has 0 atom stereocenters. The number of carbonyl (C=O) groups is 2. The molecule has 10 heavy (non-hydrogen) atoms. The van der Waals surface area contributed by atoms with Gasteiger partial charge in [-0.3, -0.25) is 9.59 Å². The third-order valence-corrected chi connectivity index (χ3v) is 0.553. The van der Waals surface area contributed by atoms with Gasteiger partial charge >= 0.3 is 11.9 Å². The first-order chi connectivity index (χ1) is 3.63. The molecule has 0 unspecified atom stereocenters. The fourth-order valence-corrected chi connectivity index (χ4v) is 0.214. The minimum Gasteiger partial charge on any atom is -0.481 e. The summed E-state index contributed by atoms with van der Waals surface area (Å²) < 4.78 is 0. The summed E-state index contributed by atoms with van der Waals surface area (Å²) in [5, 5.41) is 15.8. The monoisotopic (exact) mass is 194 g/mol. The Hall–Kier alpha value is -0.594. The molecule has 0 aromatic rings. The molecule has 63 valence electrons. The van der Waals surface area contributed by atoms with Crippen molar-refractivity contribution in [3.63, 3.8) is 0 Å². The largest absolute Gasteiger partial charge is 0.481 e. The number of aliphatic carboxylic acids is 2. The Balaban J connectivity index is -0.000000245. The average molecular weight is 194 g/mol. The Morgan fingerprint density at radius 3 is 1.30 bits per heavy atom. The normalized spacial score (nSPS) is 6.80. The van der Waals surface area contributed by atoms with Crippen molar-refractivity contribution < 1.29 is 36.6 Å². The van der Waals surface area contributed by atoms with Crippen LogP contribution in [-0.4, -0.2) is 22.2 Å². The summed E-state index contributed by atoms with van der Waals surface area (Å²) in [5.74, 6) is -2.15. The standard InChI is InChI=1S/C4H6O4.Co.H3N/c5-3(6)1-2-4(7)8;;/h1-2H2,(H,5,6)(H,7,8);;1H3. The minimum absolute atomic E-state index is 0. The molecule has 0 aromatic heterocycles. The summed E-state index contributed by atoms with van der Waals surface area (Å²) in [4.78, 5) is 19.3. The number of carboxylic acid groups (broad SMARTS) is 2. The second kappa shape index (κ2) is 8.41. The third-order valence-electron chi connectivity index (χ3n) is 0.553.